The quantitative estimate of drug-likeness (QED) is 0.562. The molecule has 0 aromatic heterocycles. The first kappa shape index (κ1) is 17.3. The lowest BCUT2D eigenvalue weighted by Crippen LogP contribution is -2.15. The van der Waals surface area contributed by atoms with E-state index in [1.54, 1.807) is 0 Å². The van der Waals surface area contributed by atoms with Crippen molar-refractivity contribution in [3.05, 3.63) is 70.8 Å². The van der Waals surface area contributed by atoms with E-state index >= 15 is 0 Å². The molecule has 3 rings (SSSR count). The van der Waals surface area contributed by atoms with E-state index in [0.717, 1.165) is 24.7 Å². The summed E-state index contributed by atoms with van der Waals surface area (Å²) in [7, 11) is 0. The fourth-order valence-corrected chi connectivity index (χ4v) is 4.10. The van der Waals surface area contributed by atoms with Gasteiger partial charge in [0, 0.05) is 0 Å². The molecule has 0 N–H and O–H groups in total. The molecule has 24 heavy (non-hydrogen) atoms. The second-order valence-electron chi connectivity index (χ2n) is 7.66. The average Bonchev–Trinajstić information content (AvgIpc) is 2.65. The highest BCUT2D eigenvalue weighted by Gasteiger charge is 2.19. The fraction of sp³-hybridized carbons (Fsp3) is 0.500. The molecule has 128 valence electrons. The zero-order valence-electron chi connectivity index (χ0n) is 15.4. The van der Waals surface area contributed by atoms with Crippen molar-refractivity contribution >= 4 is 0 Å². The Morgan fingerprint density at radius 1 is 0.625 bits per heavy atom. The molecule has 0 spiro atoms. The molecular weight excluding hydrogens is 288 g/mol. The van der Waals surface area contributed by atoms with Crippen molar-refractivity contribution in [2.45, 2.75) is 65.2 Å². The van der Waals surface area contributed by atoms with Gasteiger partial charge in [0.1, 0.15) is 0 Å². The van der Waals surface area contributed by atoms with Crippen LogP contribution in [-0.4, -0.2) is 0 Å². The number of hydrogen-bond acceptors (Lipinski definition) is 0. The first-order chi connectivity index (χ1) is 11.8. The zero-order chi connectivity index (χ0) is 16.8. The molecule has 0 aliphatic heterocycles. The molecule has 0 unspecified atom stereocenters. The zero-order valence-corrected chi connectivity index (χ0v) is 15.4. The molecule has 0 radical (unpaired) electrons. The van der Waals surface area contributed by atoms with Crippen LogP contribution in [0.5, 0.6) is 0 Å². The predicted molar refractivity (Wildman–Crippen MR) is 105 cm³/mol. The van der Waals surface area contributed by atoms with Crippen LogP contribution in [0.4, 0.5) is 0 Å². The van der Waals surface area contributed by atoms with Gasteiger partial charge < -0.3 is 0 Å². The van der Waals surface area contributed by atoms with Crippen molar-refractivity contribution in [2.24, 2.45) is 11.8 Å². The van der Waals surface area contributed by atoms with E-state index in [9.17, 15) is 0 Å². The molecule has 0 nitrogen and oxygen atoms in total. The molecule has 2 aromatic rings. The van der Waals surface area contributed by atoms with E-state index in [1.807, 2.05) is 0 Å². The van der Waals surface area contributed by atoms with Crippen molar-refractivity contribution in [3.63, 3.8) is 0 Å². The third-order valence-electron chi connectivity index (χ3n) is 5.93. The van der Waals surface area contributed by atoms with Crippen molar-refractivity contribution in [2.75, 3.05) is 0 Å². The van der Waals surface area contributed by atoms with Crippen LogP contribution in [0.2, 0.25) is 0 Å². The van der Waals surface area contributed by atoms with Gasteiger partial charge in [0.15, 0.2) is 0 Å². The Hall–Kier alpha value is -1.56. The van der Waals surface area contributed by atoms with Gasteiger partial charge in [-0.1, -0.05) is 81.6 Å². The second-order valence-corrected chi connectivity index (χ2v) is 7.66. The Kier molecular flexibility index (Phi) is 6.12. The molecule has 0 amide bonds. The first-order valence-corrected chi connectivity index (χ1v) is 9.92. The lowest BCUT2D eigenvalue weighted by Gasteiger charge is -2.27. The van der Waals surface area contributed by atoms with Crippen LogP contribution < -0.4 is 0 Å². The Morgan fingerprint density at radius 3 is 1.58 bits per heavy atom. The summed E-state index contributed by atoms with van der Waals surface area (Å²) >= 11 is 0. The highest BCUT2D eigenvalue weighted by molar-refractivity contribution is 5.30. The van der Waals surface area contributed by atoms with Gasteiger partial charge in [0.25, 0.3) is 0 Å². The van der Waals surface area contributed by atoms with Gasteiger partial charge in [0.2, 0.25) is 0 Å². The van der Waals surface area contributed by atoms with Gasteiger partial charge in [-0.05, 0) is 66.2 Å². The molecule has 0 heteroatoms. The summed E-state index contributed by atoms with van der Waals surface area (Å²) < 4.78 is 0. The molecule has 0 heterocycles. The minimum atomic E-state index is 0.917. The number of rotatable bonds is 6. The number of hydrogen-bond donors (Lipinski definition) is 0. The monoisotopic (exact) mass is 320 g/mol. The summed E-state index contributed by atoms with van der Waals surface area (Å²) in [6.45, 7) is 4.56. The van der Waals surface area contributed by atoms with Crippen LogP contribution in [0.25, 0.3) is 0 Å². The van der Waals surface area contributed by atoms with Crippen LogP contribution >= 0.6 is 0 Å². The van der Waals surface area contributed by atoms with Gasteiger partial charge in [-0.2, -0.15) is 0 Å². The Balaban J connectivity index is 1.53. The maximum absolute atomic E-state index is 2.36. The smallest absolute Gasteiger partial charge is 0.00258 e. The van der Waals surface area contributed by atoms with Gasteiger partial charge in [0.05, 0.1) is 0 Å². The maximum Gasteiger partial charge on any atom is -0.00258 e. The topological polar surface area (TPSA) is 0 Å². The Labute approximate surface area is 148 Å². The van der Waals surface area contributed by atoms with Gasteiger partial charge in [-0.3, -0.25) is 0 Å². The van der Waals surface area contributed by atoms with Crippen LogP contribution in [0.1, 0.15) is 68.2 Å². The summed E-state index contributed by atoms with van der Waals surface area (Å²) in [6, 6.07) is 18.5. The van der Waals surface area contributed by atoms with E-state index in [0.29, 0.717) is 0 Å². The molecule has 2 aromatic carbocycles. The van der Waals surface area contributed by atoms with Crippen LogP contribution in [0.3, 0.4) is 0 Å². The third-order valence-corrected chi connectivity index (χ3v) is 5.93. The highest BCUT2D eigenvalue weighted by Crippen LogP contribution is 2.32. The molecule has 0 saturated heterocycles. The van der Waals surface area contributed by atoms with Gasteiger partial charge in [-0.15, -0.1) is 0 Å². The van der Waals surface area contributed by atoms with Crippen LogP contribution in [-0.2, 0) is 19.3 Å². The van der Waals surface area contributed by atoms with E-state index in [-0.39, 0.29) is 0 Å². The lowest BCUT2D eigenvalue weighted by molar-refractivity contribution is 0.268. The second kappa shape index (κ2) is 8.51. The predicted octanol–water partition coefficient (Wildman–Crippen LogP) is 6.60. The molecule has 1 aliphatic rings. The Bertz CT molecular complexity index is 597. The highest BCUT2D eigenvalue weighted by atomic mass is 14.3. The lowest BCUT2D eigenvalue weighted by atomic mass is 9.78. The summed E-state index contributed by atoms with van der Waals surface area (Å²) in [4.78, 5) is 0. The minimum Gasteiger partial charge on any atom is -0.0651 e. The van der Waals surface area contributed by atoms with E-state index in [1.165, 1.54) is 60.8 Å². The molecule has 1 saturated carbocycles. The summed E-state index contributed by atoms with van der Waals surface area (Å²) in [5, 5.41) is 0. The molecule has 0 bridgehead atoms. The first-order valence-electron chi connectivity index (χ1n) is 9.92. The van der Waals surface area contributed by atoms with Crippen molar-refractivity contribution < 1.29 is 0 Å². The summed E-state index contributed by atoms with van der Waals surface area (Å²) in [5.41, 5.74) is 5.79. The summed E-state index contributed by atoms with van der Waals surface area (Å²) in [5.74, 6) is 1.92. The van der Waals surface area contributed by atoms with Gasteiger partial charge in [-0.25, -0.2) is 0 Å². The molecule has 0 atom stereocenters. The number of benzene rings is 2. The third kappa shape index (κ3) is 4.72. The average molecular weight is 321 g/mol. The molecular formula is C24H32. The van der Waals surface area contributed by atoms with Crippen LogP contribution in [0.15, 0.2) is 48.5 Å². The largest absolute Gasteiger partial charge is 0.0651 e. The normalized spacial score (nSPS) is 20.9. The molecule has 1 aliphatic carbocycles. The summed E-state index contributed by atoms with van der Waals surface area (Å²) in [6.07, 6.45) is 10.6. The minimum absolute atomic E-state index is 0.917. The van der Waals surface area contributed by atoms with Crippen LogP contribution in [0, 0.1) is 11.8 Å². The van der Waals surface area contributed by atoms with Gasteiger partial charge >= 0.3 is 0 Å². The number of aryl methyl sites for hydroxylation is 1. The standard InChI is InChI=1S/C24H32/c1-3-19-5-9-21(10-6-19)17-23-13-15-24(16-14-23)18-22-11-7-20(4-2)8-12-22/h5-6,9-10,13-16,20,22H,3-4,7-8,11-12,17-18H2,1-2H3. The Morgan fingerprint density at radius 2 is 1.08 bits per heavy atom. The van der Waals surface area contributed by atoms with Crippen molar-refractivity contribution in [3.8, 4) is 0 Å². The van der Waals surface area contributed by atoms with E-state index in [4.69, 9.17) is 0 Å². The SMILES string of the molecule is CCc1ccc(Cc2ccc(CC3CCC(CC)CC3)cc2)cc1. The van der Waals surface area contributed by atoms with E-state index in [2.05, 4.69) is 62.4 Å². The fourth-order valence-electron chi connectivity index (χ4n) is 4.10. The van der Waals surface area contributed by atoms with Crippen molar-refractivity contribution in [1.29, 1.82) is 0 Å². The molecule has 1 fully saturated rings. The van der Waals surface area contributed by atoms with E-state index < -0.39 is 0 Å². The van der Waals surface area contributed by atoms with Crippen molar-refractivity contribution in [1.82, 2.24) is 0 Å². The maximum atomic E-state index is 2.36.